The molecule has 1 unspecified atom stereocenters. The van der Waals surface area contributed by atoms with Crippen molar-refractivity contribution >= 4 is 0 Å². The predicted octanol–water partition coefficient (Wildman–Crippen LogP) is 1.21. The molecule has 1 aromatic rings. The van der Waals surface area contributed by atoms with Crippen molar-refractivity contribution in [3.05, 3.63) is 17.5 Å². The molecule has 1 aromatic heterocycles. The topological polar surface area (TPSA) is 57.9 Å². The Labute approximate surface area is 96.2 Å². The number of nitrogens with zero attached hydrogens (tertiary/aromatic N) is 2. The molecular formula is C12H20N4. The number of aromatic nitrogens is 2. The van der Waals surface area contributed by atoms with Crippen LogP contribution in [0.4, 0.5) is 0 Å². The molecule has 0 amide bonds. The van der Waals surface area contributed by atoms with Gasteiger partial charge in [0.15, 0.2) is 0 Å². The van der Waals surface area contributed by atoms with Crippen LogP contribution in [-0.2, 0) is 6.54 Å². The van der Waals surface area contributed by atoms with Gasteiger partial charge in [-0.15, -0.1) is 0 Å². The molecule has 2 aliphatic rings. The van der Waals surface area contributed by atoms with E-state index in [1.807, 2.05) is 0 Å². The average molecular weight is 220 g/mol. The number of hydrogen-bond acceptors (Lipinski definition) is 3. The van der Waals surface area contributed by atoms with Crippen molar-refractivity contribution in [2.75, 3.05) is 13.1 Å². The predicted molar refractivity (Wildman–Crippen MR) is 63.0 cm³/mol. The van der Waals surface area contributed by atoms with Crippen molar-refractivity contribution in [1.82, 2.24) is 15.1 Å². The summed E-state index contributed by atoms with van der Waals surface area (Å²) in [6.45, 7) is 3.18. The maximum absolute atomic E-state index is 5.97. The monoisotopic (exact) mass is 220 g/mol. The van der Waals surface area contributed by atoms with Gasteiger partial charge in [0.1, 0.15) is 0 Å². The molecule has 1 aliphatic carbocycles. The fourth-order valence-corrected chi connectivity index (χ4v) is 2.52. The van der Waals surface area contributed by atoms with Gasteiger partial charge in [0.05, 0.1) is 5.69 Å². The third kappa shape index (κ3) is 2.28. The number of nitrogens with one attached hydrogen (secondary N) is 1. The molecule has 3 N–H and O–H groups in total. The normalized spacial score (nSPS) is 27.2. The molecule has 3 rings (SSSR count). The summed E-state index contributed by atoms with van der Waals surface area (Å²) in [5, 5.41) is 7.54. The lowest BCUT2D eigenvalue weighted by molar-refractivity contribution is 0.199. The highest BCUT2D eigenvalue weighted by atomic mass is 15.2. The van der Waals surface area contributed by atoms with E-state index < -0.39 is 0 Å². The molecule has 0 aromatic carbocycles. The van der Waals surface area contributed by atoms with Crippen LogP contribution >= 0.6 is 0 Å². The van der Waals surface area contributed by atoms with Gasteiger partial charge in [-0.2, -0.15) is 5.10 Å². The Morgan fingerprint density at radius 2 is 2.31 bits per heavy atom. The van der Waals surface area contributed by atoms with E-state index in [2.05, 4.69) is 21.2 Å². The number of likely N-dealkylation sites (tertiary alicyclic amines) is 1. The van der Waals surface area contributed by atoms with Crippen LogP contribution in [0, 0.1) is 0 Å². The summed E-state index contributed by atoms with van der Waals surface area (Å²) in [7, 11) is 0. The molecule has 1 atom stereocenters. The Morgan fingerprint density at radius 3 is 3.06 bits per heavy atom. The highest BCUT2D eigenvalue weighted by Crippen LogP contribution is 2.39. The zero-order valence-electron chi connectivity index (χ0n) is 9.65. The Balaban J connectivity index is 1.59. The quantitative estimate of drug-likeness (QED) is 0.805. The number of nitrogens with two attached hydrogens (primary N) is 1. The summed E-state index contributed by atoms with van der Waals surface area (Å²) < 4.78 is 0. The smallest absolute Gasteiger partial charge is 0.0656 e. The second-order valence-electron chi connectivity index (χ2n) is 5.23. The number of piperidine rings is 1. The van der Waals surface area contributed by atoms with E-state index in [9.17, 15) is 0 Å². The third-order valence-corrected chi connectivity index (χ3v) is 3.58. The van der Waals surface area contributed by atoms with Crippen molar-refractivity contribution in [3.63, 3.8) is 0 Å². The lowest BCUT2D eigenvalue weighted by atomic mass is 10.1. The lowest BCUT2D eigenvalue weighted by Crippen LogP contribution is -2.42. The minimum Gasteiger partial charge on any atom is -0.327 e. The number of aromatic amines is 1. The van der Waals surface area contributed by atoms with Gasteiger partial charge in [-0.25, -0.2) is 0 Å². The Kier molecular flexibility index (Phi) is 2.69. The summed E-state index contributed by atoms with van der Waals surface area (Å²) in [5.41, 5.74) is 8.48. The van der Waals surface area contributed by atoms with Crippen molar-refractivity contribution < 1.29 is 0 Å². The van der Waals surface area contributed by atoms with Gasteiger partial charge < -0.3 is 5.73 Å². The number of H-pyrrole nitrogens is 1. The second-order valence-corrected chi connectivity index (χ2v) is 5.23. The molecule has 1 saturated carbocycles. The van der Waals surface area contributed by atoms with Crippen molar-refractivity contribution in [1.29, 1.82) is 0 Å². The van der Waals surface area contributed by atoms with Crippen molar-refractivity contribution in [2.45, 2.75) is 44.2 Å². The molecule has 2 heterocycles. The molecule has 0 radical (unpaired) electrons. The van der Waals surface area contributed by atoms with Crippen LogP contribution in [0.15, 0.2) is 6.07 Å². The standard InChI is InChI=1S/C12H20N4/c13-10-2-1-5-16(7-10)8-11-6-12(15-14-11)9-3-4-9/h6,9-10H,1-5,7-8,13H2,(H,14,15). The molecule has 1 aliphatic heterocycles. The molecule has 88 valence electrons. The van der Waals surface area contributed by atoms with Crippen LogP contribution in [0.5, 0.6) is 0 Å². The van der Waals surface area contributed by atoms with E-state index in [-0.39, 0.29) is 0 Å². The van der Waals surface area contributed by atoms with Crippen molar-refractivity contribution in [2.24, 2.45) is 5.73 Å². The Morgan fingerprint density at radius 1 is 1.44 bits per heavy atom. The first-order valence-corrected chi connectivity index (χ1v) is 6.33. The first kappa shape index (κ1) is 10.3. The minimum atomic E-state index is 0.361. The van der Waals surface area contributed by atoms with Crippen LogP contribution in [0.1, 0.15) is 43.0 Å². The van der Waals surface area contributed by atoms with Crippen LogP contribution in [0.3, 0.4) is 0 Å². The zero-order valence-corrected chi connectivity index (χ0v) is 9.65. The van der Waals surface area contributed by atoms with Crippen LogP contribution in [0.25, 0.3) is 0 Å². The van der Waals surface area contributed by atoms with Gasteiger partial charge in [0.2, 0.25) is 0 Å². The van der Waals surface area contributed by atoms with E-state index >= 15 is 0 Å². The maximum atomic E-state index is 5.97. The minimum absolute atomic E-state index is 0.361. The SMILES string of the molecule is NC1CCCN(Cc2cc(C3CC3)n[nH]2)C1. The van der Waals surface area contributed by atoms with Crippen molar-refractivity contribution in [3.8, 4) is 0 Å². The van der Waals surface area contributed by atoms with Crippen LogP contribution < -0.4 is 5.73 Å². The molecule has 1 saturated heterocycles. The van der Waals surface area contributed by atoms with Gasteiger partial charge in [-0.3, -0.25) is 10.00 Å². The fraction of sp³-hybridized carbons (Fsp3) is 0.750. The second kappa shape index (κ2) is 4.18. The zero-order chi connectivity index (χ0) is 11.0. The first-order chi connectivity index (χ1) is 7.81. The highest BCUT2D eigenvalue weighted by molar-refractivity contribution is 5.17. The molecule has 4 nitrogen and oxygen atoms in total. The van der Waals surface area contributed by atoms with E-state index in [4.69, 9.17) is 5.73 Å². The van der Waals surface area contributed by atoms with E-state index in [0.29, 0.717) is 6.04 Å². The van der Waals surface area contributed by atoms with Crippen LogP contribution in [0.2, 0.25) is 0 Å². The summed E-state index contributed by atoms with van der Waals surface area (Å²) in [6, 6.07) is 2.59. The van der Waals surface area contributed by atoms with E-state index in [1.165, 1.54) is 43.6 Å². The summed E-state index contributed by atoms with van der Waals surface area (Å²) in [5.74, 6) is 0.744. The lowest BCUT2D eigenvalue weighted by Gasteiger charge is -2.30. The Bertz CT molecular complexity index is 356. The number of rotatable bonds is 3. The third-order valence-electron chi connectivity index (χ3n) is 3.58. The summed E-state index contributed by atoms with van der Waals surface area (Å²) in [6.07, 6.45) is 5.04. The van der Waals surface area contributed by atoms with Gasteiger partial charge in [0, 0.05) is 30.7 Å². The highest BCUT2D eigenvalue weighted by Gasteiger charge is 2.26. The van der Waals surface area contributed by atoms with Crippen LogP contribution in [-0.4, -0.2) is 34.2 Å². The maximum Gasteiger partial charge on any atom is 0.0656 e. The Hall–Kier alpha value is -0.870. The summed E-state index contributed by atoms with van der Waals surface area (Å²) >= 11 is 0. The molecule has 4 heteroatoms. The van der Waals surface area contributed by atoms with Gasteiger partial charge in [-0.1, -0.05) is 0 Å². The van der Waals surface area contributed by atoms with Gasteiger partial charge in [-0.05, 0) is 38.3 Å². The average Bonchev–Trinajstić information content (AvgIpc) is 3.01. The molecule has 16 heavy (non-hydrogen) atoms. The first-order valence-electron chi connectivity index (χ1n) is 6.33. The summed E-state index contributed by atoms with van der Waals surface area (Å²) in [4.78, 5) is 2.43. The van der Waals surface area contributed by atoms with Gasteiger partial charge in [0.25, 0.3) is 0 Å². The van der Waals surface area contributed by atoms with E-state index in [0.717, 1.165) is 19.0 Å². The molecule has 0 bridgehead atoms. The fourth-order valence-electron chi connectivity index (χ4n) is 2.52. The number of hydrogen-bond donors (Lipinski definition) is 2. The largest absolute Gasteiger partial charge is 0.327 e. The van der Waals surface area contributed by atoms with E-state index in [1.54, 1.807) is 0 Å². The molecule has 2 fully saturated rings. The molecule has 0 spiro atoms. The van der Waals surface area contributed by atoms with Gasteiger partial charge >= 0.3 is 0 Å². The molecular weight excluding hydrogens is 200 g/mol.